The fourth-order valence-corrected chi connectivity index (χ4v) is 2.50. The van der Waals surface area contributed by atoms with Crippen LogP contribution in [0.25, 0.3) is 0 Å². The Kier molecular flexibility index (Phi) is 4.01. The molecule has 4 heteroatoms. The van der Waals surface area contributed by atoms with Gasteiger partial charge >= 0.3 is 0 Å². The molecule has 4 nitrogen and oxygen atoms in total. The molecule has 2 heterocycles. The van der Waals surface area contributed by atoms with E-state index in [4.69, 9.17) is 9.68 Å². The highest BCUT2D eigenvalue weighted by atomic mass is 16.3. The molecule has 2 aromatic rings. The lowest BCUT2D eigenvalue weighted by Crippen LogP contribution is -2.18. The van der Waals surface area contributed by atoms with Crippen molar-refractivity contribution in [3.8, 4) is 6.07 Å². The highest BCUT2D eigenvalue weighted by Crippen LogP contribution is 2.22. The molecule has 1 N–H and O–H groups in total. The molecule has 1 unspecified atom stereocenters. The lowest BCUT2D eigenvalue weighted by Gasteiger charge is -2.13. The van der Waals surface area contributed by atoms with Crippen molar-refractivity contribution in [2.75, 3.05) is 0 Å². The van der Waals surface area contributed by atoms with E-state index in [1.165, 1.54) is 5.56 Å². The van der Waals surface area contributed by atoms with Crippen LogP contribution < -0.4 is 5.32 Å². The Morgan fingerprint density at radius 1 is 1.35 bits per heavy atom. The first-order valence-electron chi connectivity index (χ1n) is 6.79. The summed E-state index contributed by atoms with van der Waals surface area (Å²) in [5, 5.41) is 12.5. The number of nitrogens with zero attached hydrogens (tertiary/aromatic N) is 2. The fourth-order valence-electron chi connectivity index (χ4n) is 2.50. The number of nitriles is 1. The van der Waals surface area contributed by atoms with Crippen molar-refractivity contribution in [3.05, 3.63) is 46.2 Å². The molecule has 0 aliphatic carbocycles. The maximum absolute atomic E-state index is 9.05. The standard InChI is InChI=1S/C16H21N3O/c1-10-6-16(13(4)20-10)11(2)18-9-14-7-15(8-17)19(5)12(14)3/h6-7,11,18H,9H2,1-5H3. The second kappa shape index (κ2) is 5.56. The molecular weight excluding hydrogens is 250 g/mol. The third kappa shape index (κ3) is 2.63. The van der Waals surface area contributed by atoms with E-state index in [0.717, 1.165) is 29.3 Å². The SMILES string of the molecule is Cc1cc(C(C)NCc2cc(C#N)n(C)c2C)c(C)o1. The van der Waals surface area contributed by atoms with E-state index >= 15 is 0 Å². The molecule has 0 saturated carbocycles. The van der Waals surface area contributed by atoms with Gasteiger partial charge in [0.2, 0.25) is 0 Å². The molecule has 1 atom stereocenters. The van der Waals surface area contributed by atoms with Crippen LogP contribution in [0.5, 0.6) is 0 Å². The van der Waals surface area contributed by atoms with Crippen LogP contribution in [0.15, 0.2) is 16.5 Å². The van der Waals surface area contributed by atoms with Crippen LogP contribution in [0.3, 0.4) is 0 Å². The number of nitrogens with one attached hydrogen (secondary N) is 1. The summed E-state index contributed by atoms with van der Waals surface area (Å²) >= 11 is 0. The van der Waals surface area contributed by atoms with Gasteiger partial charge < -0.3 is 14.3 Å². The predicted octanol–water partition coefficient (Wildman–Crippen LogP) is 3.27. The summed E-state index contributed by atoms with van der Waals surface area (Å²) in [5.41, 5.74) is 4.17. The van der Waals surface area contributed by atoms with E-state index in [9.17, 15) is 0 Å². The Bertz CT molecular complexity index is 658. The molecule has 0 saturated heterocycles. The van der Waals surface area contributed by atoms with Crippen molar-refractivity contribution in [3.63, 3.8) is 0 Å². The normalized spacial score (nSPS) is 12.4. The summed E-state index contributed by atoms with van der Waals surface area (Å²) in [5.74, 6) is 1.90. The Labute approximate surface area is 120 Å². The van der Waals surface area contributed by atoms with Crippen molar-refractivity contribution >= 4 is 0 Å². The minimum absolute atomic E-state index is 0.220. The quantitative estimate of drug-likeness (QED) is 0.928. The largest absolute Gasteiger partial charge is 0.466 e. The van der Waals surface area contributed by atoms with Crippen LogP contribution in [0.4, 0.5) is 0 Å². The fraction of sp³-hybridized carbons (Fsp3) is 0.438. The van der Waals surface area contributed by atoms with Crippen molar-refractivity contribution in [1.29, 1.82) is 5.26 Å². The summed E-state index contributed by atoms with van der Waals surface area (Å²) in [7, 11) is 1.92. The second-order valence-corrected chi connectivity index (χ2v) is 5.28. The third-order valence-electron chi connectivity index (χ3n) is 3.90. The molecule has 106 valence electrons. The van der Waals surface area contributed by atoms with Crippen LogP contribution in [-0.4, -0.2) is 4.57 Å². The molecule has 0 spiro atoms. The van der Waals surface area contributed by atoms with E-state index in [1.807, 2.05) is 38.5 Å². The predicted molar refractivity (Wildman–Crippen MR) is 78.3 cm³/mol. The van der Waals surface area contributed by atoms with Crippen LogP contribution in [0, 0.1) is 32.1 Å². The number of aryl methyl sites for hydroxylation is 2. The number of rotatable bonds is 4. The van der Waals surface area contributed by atoms with Gasteiger partial charge in [0.05, 0.1) is 0 Å². The average molecular weight is 271 g/mol. The summed E-state index contributed by atoms with van der Waals surface area (Å²) in [6.07, 6.45) is 0. The lowest BCUT2D eigenvalue weighted by atomic mass is 10.1. The highest BCUT2D eigenvalue weighted by Gasteiger charge is 2.14. The summed E-state index contributed by atoms with van der Waals surface area (Å²) in [4.78, 5) is 0. The molecule has 0 amide bonds. The minimum atomic E-state index is 0.220. The first-order chi connectivity index (χ1) is 9.43. The van der Waals surface area contributed by atoms with E-state index in [2.05, 4.69) is 24.4 Å². The van der Waals surface area contributed by atoms with E-state index < -0.39 is 0 Å². The second-order valence-electron chi connectivity index (χ2n) is 5.28. The molecule has 0 fully saturated rings. The van der Waals surface area contributed by atoms with Crippen LogP contribution in [0.2, 0.25) is 0 Å². The summed E-state index contributed by atoms with van der Waals surface area (Å²) in [6, 6.07) is 6.45. The molecule has 0 aromatic carbocycles. The molecule has 0 aliphatic rings. The van der Waals surface area contributed by atoms with Gasteiger partial charge in [-0.1, -0.05) is 0 Å². The summed E-state index contributed by atoms with van der Waals surface area (Å²) < 4.78 is 7.49. The molecule has 20 heavy (non-hydrogen) atoms. The van der Waals surface area contributed by atoms with Gasteiger partial charge in [0.1, 0.15) is 23.3 Å². The van der Waals surface area contributed by atoms with Gasteiger partial charge in [-0.2, -0.15) is 5.26 Å². The highest BCUT2D eigenvalue weighted by molar-refractivity contribution is 5.34. The number of aromatic nitrogens is 1. The van der Waals surface area contributed by atoms with E-state index in [1.54, 1.807) is 0 Å². The number of hydrogen-bond acceptors (Lipinski definition) is 3. The van der Waals surface area contributed by atoms with Gasteiger partial charge in [-0.05, 0) is 45.4 Å². The van der Waals surface area contributed by atoms with Gasteiger partial charge in [0, 0.05) is 30.9 Å². The Morgan fingerprint density at radius 2 is 2.05 bits per heavy atom. The number of furan rings is 1. The Hall–Kier alpha value is -1.99. The van der Waals surface area contributed by atoms with Gasteiger partial charge in [-0.25, -0.2) is 0 Å². The third-order valence-corrected chi connectivity index (χ3v) is 3.90. The van der Waals surface area contributed by atoms with Gasteiger partial charge in [-0.15, -0.1) is 0 Å². The molecule has 0 aliphatic heterocycles. The van der Waals surface area contributed by atoms with Crippen LogP contribution in [0.1, 0.15) is 47.0 Å². The van der Waals surface area contributed by atoms with Gasteiger partial charge in [-0.3, -0.25) is 0 Å². The van der Waals surface area contributed by atoms with Crippen molar-refractivity contribution < 1.29 is 4.42 Å². The molecule has 0 bridgehead atoms. The van der Waals surface area contributed by atoms with Crippen molar-refractivity contribution in [2.45, 2.75) is 40.3 Å². The monoisotopic (exact) mass is 271 g/mol. The first kappa shape index (κ1) is 14.4. The average Bonchev–Trinajstić information content (AvgIpc) is 2.88. The zero-order valence-corrected chi connectivity index (χ0v) is 12.7. The zero-order chi connectivity index (χ0) is 14.9. The Balaban J connectivity index is 2.09. The first-order valence-corrected chi connectivity index (χ1v) is 6.79. The molecular formula is C16H21N3O. The molecule has 2 aromatic heterocycles. The maximum Gasteiger partial charge on any atom is 0.120 e. The molecule has 0 radical (unpaired) electrons. The summed E-state index contributed by atoms with van der Waals surface area (Å²) in [6.45, 7) is 8.86. The topological polar surface area (TPSA) is 53.9 Å². The van der Waals surface area contributed by atoms with Gasteiger partial charge in [0.25, 0.3) is 0 Å². The minimum Gasteiger partial charge on any atom is -0.466 e. The zero-order valence-electron chi connectivity index (χ0n) is 12.7. The van der Waals surface area contributed by atoms with E-state index in [-0.39, 0.29) is 6.04 Å². The van der Waals surface area contributed by atoms with E-state index in [0.29, 0.717) is 5.69 Å². The maximum atomic E-state index is 9.05. The van der Waals surface area contributed by atoms with Crippen molar-refractivity contribution in [2.24, 2.45) is 7.05 Å². The van der Waals surface area contributed by atoms with Crippen LogP contribution in [-0.2, 0) is 13.6 Å². The van der Waals surface area contributed by atoms with Crippen molar-refractivity contribution in [1.82, 2.24) is 9.88 Å². The smallest absolute Gasteiger partial charge is 0.120 e. The Morgan fingerprint density at radius 3 is 2.55 bits per heavy atom. The lowest BCUT2D eigenvalue weighted by molar-refractivity contribution is 0.489. The van der Waals surface area contributed by atoms with Gasteiger partial charge in [0.15, 0.2) is 0 Å². The number of hydrogen-bond donors (Lipinski definition) is 1. The van der Waals surface area contributed by atoms with Crippen LogP contribution >= 0.6 is 0 Å². The molecule has 2 rings (SSSR count).